The Morgan fingerprint density at radius 1 is 1.18 bits per heavy atom. The highest BCUT2D eigenvalue weighted by atomic mass is 32.2. The predicted octanol–water partition coefficient (Wildman–Crippen LogP) is 2.82. The van der Waals surface area contributed by atoms with Gasteiger partial charge >= 0.3 is 0 Å². The van der Waals surface area contributed by atoms with Crippen molar-refractivity contribution in [2.24, 2.45) is 0 Å². The van der Waals surface area contributed by atoms with E-state index in [1.54, 1.807) is 30.8 Å². The van der Waals surface area contributed by atoms with E-state index < -0.39 is 10.0 Å². The van der Waals surface area contributed by atoms with Gasteiger partial charge in [0.2, 0.25) is 0 Å². The van der Waals surface area contributed by atoms with Crippen LogP contribution in [0.2, 0.25) is 0 Å². The first-order valence-electron chi connectivity index (χ1n) is 9.10. The van der Waals surface area contributed by atoms with Crippen LogP contribution in [-0.4, -0.2) is 47.8 Å². The van der Waals surface area contributed by atoms with Crippen LogP contribution in [0.15, 0.2) is 46.1 Å². The zero-order chi connectivity index (χ0) is 19.6. The number of pyridine rings is 1. The maximum absolute atomic E-state index is 12.5. The third-order valence-electron chi connectivity index (χ3n) is 4.71. The van der Waals surface area contributed by atoms with Crippen molar-refractivity contribution in [3.63, 3.8) is 0 Å². The van der Waals surface area contributed by atoms with E-state index in [0.717, 1.165) is 42.0 Å². The lowest BCUT2D eigenvalue weighted by Gasteiger charge is -2.17. The van der Waals surface area contributed by atoms with Crippen LogP contribution in [-0.2, 0) is 22.9 Å². The first kappa shape index (κ1) is 19.0. The molecule has 3 heterocycles. The van der Waals surface area contributed by atoms with E-state index in [9.17, 15) is 8.42 Å². The van der Waals surface area contributed by atoms with E-state index in [0.29, 0.717) is 23.1 Å². The second-order valence-corrected chi connectivity index (χ2v) is 9.79. The molecule has 0 saturated carbocycles. The maximum atomic E-state index is 12.5. The van der Waals surface area contributed by atoms with Gasteiger partial charge in [0.15, 0.2) is 5.82 Å². The highest BCUT2D eigenvalue weighted by molar-refractivity contribution is 7.91. The molecule has 146 valence electrons. The summed E-state index contributed by atoms with van der Waals surface area (Å²) in [5, 5.41) is 5.09. The number of hydrogen-bond donors (Lipinski definition) is 1. The van der Waals surface area contributed by atoms with Crippen LogP contribution < -0.4 is 5.32 Å². The Kier molecular flexibility index (Phi) is 5.38. The van der Waals surface area contributed by atoms with Crippen LogP contribution in [0.25, 0.3) is 11.5 Å². The number of sulfonamides is 1. The number of hydrogen-bond acceptors (Lipinski definition) is 7. The molecule has 0 saturated heterocycles. The quantitative estimate of drug-likeness (QED) is 0.638. The minimum absolute atomic E-state index is 0.345. The Labute approximate surface area is 168 Å². The lowest BCUT2D eigenvalue weighted by molar-refractivity contribution is 0.482. The van der Waals surface area contributed by atoms with E-state index in [2.05, 4.69) is 20.3 Å². The van der Waals surface area contributed by atoms with Crippen molar-refractivity contribution in [1.29, 1.82) is 0 Å². The minimum atomic E-state index is -3.44. The molecule has 3 aromatic heterocycles. The van der Waals surface area contributed by atoms with Crippen molar-refractivity contribution < 1.29 is 8.42 Å². The Morgan fingerprint density at radius 3 is 2.82 bits per heavy atom. The van der Waals surface area contributed by atoms with Gasteiger partial charge in [-0.3, -0.25) is 4.98 Å². The van der Waals surface area contributed by atoms with Gasteiger partial charge in [-0.2, -0.15) is 4.31 Å². The molecule has 0 radical (unpaired) electrons. The van der Waals surface area contributed by atoms with E-state index in [1.807, 2.05) is 18.2 Å². The van der Waals surface area contributed by atoms with E-state index in [-0.39, 0.29) is 0 Å². The van der Waals surface area contributed by atoms with Crippen LogP contribution in [0.5, 0.6) is 0 Å². The van der Waals surface area contributed by atoms with Crippen LogP contribution in [0.4, 0.5) is 5.82 Å². The Morgan fingerprint density at radius 2 is 2.07 bits per heavy atom. The van der Waals surface area contributed by atoms with E-state index >= 15 is 0 Å². The van der Waals surface area contributed by atoms with Crippen LogP contribution >= 0.6 is 11.3 Å². The summed E-state index contributed by atoms with van der Waals surface area (Å²) < 4.78 is 26.8. The fraction of sp³-hybridized carbons (Fsp3) is 0.316. The molecule has 1 N–H and O–H groups in total. The van der Waals surface area contributed by atoms with Gasteiger partial charge < -0.3 is 5.32 Å². The van der Waals surface area contributed by atoms with Crippen molar-refractivity contribution in [2.45, 2.75) is 23.5 Å². The van der Waals surface area contributed by atoms with Gasteiger partial charge in [-0.25, -0.2) is 18.4 Å². The van der Waals surface area contributed by atoms with Gasteiger partial charge in [0.25, 0.3) is 10.0 Å². The van der Waals surface area contributed by atoms with Crippen molar-refractivity contribution in [2.75, 3.05) is 25.5 Å². The summed E-state index contributed by atoms with van der Waals surface area (Å²) in [4.78, 5) is 13.7. The molecule has 1 aliphatic rings. The molecule has 0 bridgehead atoms. The SMILES string of the molecule is CN(CCNc1nc(-c2ccccn2)nc2c1CCC2)S(=O)(=O)c1cccs1. The average molecular weight is 416 g/mol. The number of rotatable bonds is 7. The fourth-order valence-corrected chi connectivity index (χ4v) is 5.58. The summed E-state index contributed by atoms with van der Waals surface area (Å²) in [6.07, 6.45) is 4.64. The smallest absolute Gasteiger partial charge is 0.252 e. The Balaban J connectivity index is 1.50. The normalized spacial score (nSPS) is 13.6. The summed E-state index contributed by atoms with van der Waals surface area (Å²) in [5.74, 6) is 1.38. The topological polar surface area (TPSA) is 88.1 Å². The molecule has 0 unspecified atom stereocenters. The second kappa shape index (κ2) is 7.94. The fourth-order valence-electron chi connectivity index (χ4n) is 3.20. The molecular formula is C19H21N5O2S2. The zero-order valence-electron chi connectivity index (χ0n) is 15.5. The summed E-state index contributed by atoms with van der Waals surface area (Å²) in [5.41, 5.74) is 2.92. The molecule has 0 aliphatic heterocycles. The zero-order valence-corrected chi connectivity index (χ0v) is 17.1. The maximum Gasteiger partial charge on any atom is 0.252 e. The molecule has 3 aromatic rings. The van der Waals surface area contributed by atoms with Crippen molar-refractivity contribution >= 4 is 27.2 Å². The molecule has 4 rings (SSSR count). The molecule has 0 aromatic carbocycles. The summed E-state index contributed by atoms with van der Waals surface area (Å²) in [7, 11) is -1.85. The average Bonchev–Trinajstić information content (AvgIpc) is 3.40. The van der Waals surface area contributed by atoms with Crippen LogP contribution in [0, 0.1) is 0 Å². The van der Waals surface area contributed by atoms with Crippen LogP contribution in [0.3, 0.4) is 0 Å². The molecule has 28 heavy (non-hydrogen) atoms. The molecule has 0 amide bonds. The van der Waals surface area contributed by atoms with Gasteiger partial charge in [0, 0.05) is 37.6 Å². The highest BCUT2D eigenvalue weighted by Gasteiger charge is 2.23. The molecular weight excluding hydrogens is 394 g/mol. The van der Waals surface area contributed by atoms with Crippen molar-refractivity contribution in [1.82, 2.24) is 19.3 Å². The first-order chi connectivity index (χ1) is 13.6. The number of likely N-dealkylation sites (N-methyl/N-ethyl adjacent to an activating group) is 1. The summed E-state index contributed by atoms with van der Waals surface area (Å²) >= 11 is 1.23. The predicted molar refractivity (Wildman–Crippen MR) is 110 cm³/mol. The minimum Gasteiger partial charge on any atom is -0.368 e. The monoisotopic (exact) mass is 415 g/mol. The number of nitrogens with one attached hydrogen (secondary N) is 1. The van der Waals surface area contributed by atoms with Gasteiger partial charge in [-0.05, 0) is 42.8 Å². The standard InChI is InChI=1S/C19H21N5O2S2/c1-24(28(25,26)17-9-5-13-27-17)12-11-21-18-14-6-4-8-15(14)22-19(23-18)16-7-2-3-10-20-16/h2-3,5,7,9-10,13H,4,6,8,11-12H2,1H3,(H,21,22,23). The molecule has 7 nitrogen and oxygen atoms in total. The van der Waals surface area contributed by atoms with Crippen molar-refractivity contribution in [3.05, 3.63) is 53.2 Å². The molecule has 1 aliphatic carbocycles. The third kappa shape index (κ3) is 3.78. The lowest BCUT2D eigenvalue weighted by atomic mass is 10.2. The number of anilines is 1. The largest absolute Gasteiger partial charge is 0.368 e. The number of aromatic nitrogens is 3. The van der Waals surface area contributed by atoms with Crippen LogP contribution in [0.1, 0.15) is 17.7 Å². The van der Waals surface area contributed by atoms with Gasteiger partial charge in [0.1, 0.15) is 15.7 Å². The number of fused-ring (bicyclic) bond motifs is 1. The number of nitrogens with zero attached hydrogens (tertiary/aromatic N) is 4. The number of aryl methyl sites for hydroxylation is 1. The van der Waals surface area contributed by atoms with E-state index in [1.165, 1.54) is 15.6 Å². The number of thiophene rings is 1. The molecule has 9 heteroatoms. The highest BCUT2D eigenvalue weighted by Crippen LogP contribution is 2.28. The summed E-state index contributed by atoms with van der Waals surface area (Å²) in [6, 6.07) is 9.03. The molecule has 0 spiro atoms. The second-order valence-electron chi connectivity index (χ2n) is 6.58. The van der Waals surface area contributed by atoms with Gasteiger partial charge in [-0.1, -0.05) is 12.1 Å². The van der Waals surface area contributed by atoms with Gasteiger partial charge in [0.05, 0.1) is 0 Å². The van der Waals surface area contributed by atoms with Crippen molar-refractivity contribution in [3.8, 4) is 11.5 Å². The lowest BCUT2D eigenvalue weighted by Crippen LogP contribution is -2.31. The first-order valence-corrected chi connectivity index (χ1v) is 11.4. The Bertz CT molecular complexity index is 1050. The molecule has 0 atom stereocenters. The Hall–Kier alpha value is -2.36. The molecule has 0 fully saturated rings. The summed E-state index contributed by atoms with van der Waals surface area (Å²) in [6.45, 7) is 0.810. The third-order valence-corrected chi connectivity index (χ3v) is 7.94. The van der Waals surface area contributed by atoms with Gasteiger partial charge in [-0.15, -0.1) is 11.3 Å². The van der Waals surface area contributed by atoms with E-state index in [4.69, 9.17) is 0 Å².